The van der Waals surface area contributed by atoms with Crippen molar-refractivity contribution in [1.82, 2.24) is 0 Å². The Morgan fingerprint density at radius 3 is 1.67 bits per heavy atom. The number of primary sulfonamides is 2. The molecule has 294 valence electrons. The van der Waals surface area contributed by atoms with E-state index in [-0.39, 0.29) is 62.1 Å². The largest absolute Gasteiger partial charge is 0.481 e. The first-order chi connectivity index (χ1) is 24.6. The molecule has 0 fully saturated rings. The van der Waals surface area contributed by atoms with Crippen LogP contribution < -0.4 is 26.6 Å². The van der Waals surface area contributed by atoms with Crippen molar-refractivity contribution in [1.29, 1.82) is 0 Å². The number of Topliss-reactive ketones (excluding diaryl/α,β-unsaturated/α-hetero) is 3. The number of amidine groups is 1. The highest BCUT2D eigenvalue weighted by molar-refractivity contribution is 14.1. The number of hydrogen-bond donors (Lipinski definition) is 6. The lowest BCUT2D eigenvalue weighted by Crippen LogP contribution is -2.23. The summed E-state index contributed by atoms with van der Waals surface area (Å²) < 4.78 is 73.8. The fourth-order valence-electron chi connectivity index (χ4n) is 3.77. The van der Waals surface area contributed by atoms with Crippen molar-refractivity contribution < 1.29 is 54.3 Å². The van der Waals surface area contributed by atoms with Crippen LogP contribution >= 0.6 is 67.8 Å². The first-order valence-corrected chi connectivity index (χ1v) is 22.2. The summed E-state index contributed by atoms with van der Waals surface area (Å²) in [5, 5.41) is 23.6. The Morgan fingerprint density at radius 1 is 0.759 bits per heavy atom. The van der Waals surface area contributed by atoms with Crippen LogP contribution in [0.5, 0.6) is 0 Å². The minimum atomic E-state index is -3.93. The van der Waals surface area contributed by atoms with E-state index < -0.39 is 48.4 Å². The molecule has 0 saturated carbocycles. The quantitative estimate of drug-likeness (QED) is 0.102. The minimum absolute atomic E-state index is 0.0191. The van der Waals surface area contributed by atoms with E-state index in [0.29, 0.717) is 9.26 Å². The van der Waals surface area contributed by atoms with E-state index in [1.807, 2.05) is 67.8 Å². The molecule has 1 heterocycles. The van der Waals surface area contributed by atoms with Crippen molar-refractivity contribution >= 4 is 150 Å². The van der Waals surface area contributed by atoms with Gasteiger partial charge in [-0.15, -0.1) is 4.40 Å². The summed E-state index contributed by atoms with van der Waals surface area (Å²) in [6.07, 6.45) is -0.680. The molecule has 3 aromatic rings. The van der Waals surface area contributed by atoms with Gasteiger partial charge >= 0.3 is 5.97 Å². The molecular weight excluding hydrogens is 1110 g/mol. The van der Waals surface area contributed by atoms with Gasteiger partial charge in [-0.25, -0.2) is 27.1 Å². The van der Waals surface area contributed by atoms with Gasteiger partial charge in [0.25, 0.3) is 10.0 Å². The average Bonchev–Trinajstić information content (AvgIpc) is 2.98. The number of nitrogens with two attached hydrogens (primary N) is 3. The summed E-state index contributed by atoms with van der Waals surface area (Å²) in [6.45, 7) is 4.08. The van der Waals surface area contributed by atoms with Gasteiger partial charge in [0.15, 0.2) is 0 Å². The number of halogens is 3. The van der Waals surface area contributed by atoms with Gasteiger partial charge in [0.05, 0.1) is 29.9 Å². The van der Waals surface area contributed by atoms with Crippen LogP contribution in [0.4, 0.5) is 17.1 Å². The minimum Gasteiger partial charge on any atom is -0.481 e. The smallest absolute Gasteiger partial charge is 0.311 e. The average molecular weight is 1150 g/mol. The van der Waals surface area contributed by atoms with E-state index in [0.717, 1.165) is 7.14 Å². The van der Waals surface area contributed by atoms with Crippen LogP contribution in [0.3, 0.4) is 0 Å². The van der Waals surface area contributed by atoms with Crippen molar-refractivity contribution in [3.8, 4) is 0 Å². The normalized spacial score (nSPS) is 12.6. The third-order valence-electron chi connectivity index (χ3n) is 5.76. The van der Waals surface area contributed by atoms with Gasteiger partial charge in [-0.2, -0.15) is 8.42 Å². The third kappa shape index (κ3) is 18.0. The number of carbonyl (C=O) groups excluding carboxylic acids is 4. The van der Waals surface area contributed by atoms with E-state index in [9.17, 15) is 49.2 Å². The van der Waals surface area contributed by atoms with Crippen molar-refractivity contribution in [2.45, 2.75) is 54.7 Å². The third-order valence-corrected chi connectivity index (χ3v) is 11.0. The zero-order valence-corrected chi connectivity index (χ0v) is 37.2. The molecule has 1 aliphatic rings. The number of fused-ring (bicyclic) bond motifs is 1. The molecule has 24 heteroatoms. The fourth-order valence-corrected chi connectivity index (χ4v) is 8.45. The van der Waals surface area contributed by atoms with Crippen LogP contribution in [0, 0.1) is 10.7 Å². The van der Waals surface area contributed by atoms with E-state index >= 15 is 0 Å². The topological polar surface area (TPSA) is 322 Å². The molecule has 1 amide bonds. The highest BCUT2D eigenvalue weighted by Crippen LogP contribution is 2.29. The molecule has 0 spiro atoms. The number of nitrogens with one attached hydrogen (secondary N) is 2. The van der Waals surface area contributed by atoms with Gasteiger partial charge in [0, 0.05) is 10.7 Å². The zero-order chi connectivity index (χ0) is 41.8. The van der Waals surface area contributed by atoms with Gasteiger partial charge in [0.1, 0.15) is 44.3 Å². The first kappa shape index (κ1) is 48.9. The molecule has 0 atom stereocenters. The molecule has 1 aliphatic heterocycles. The Balaban J connectivity index is 0.000000378. The van der Waals surface area contributed by atoms with Crippen LogP contribution in [0.15, 0.2) is 73.7 Å². The highest BCUT2D eigenvalue weighted by atomic mass is 127. The summed E-state index contributed by atoms with van der Waals surface area (Å²) in [6, 6.07) is 13.9. The van der Waals surface area contributed by atoms with Crippen LogP contribution in [0.2, 0.25) is 0 Å². The number of carbonyl (C=O) groups is 5. The number of nitrogens with zero attached hydrogens (tertiary/aromatic N) is 1. The van der Waals surface area contributed by atoms with Crippen molar-refractivity contribution in [3.63, 3.8) is 0 Å². The Morgan fingerprint density at radius 2 is 1.22 bits per heavy atom. The SMILES string of the molecule is CC(=O)CC(=O)Nc1ccc(I)cc1S(N)(=O)=O.CC(=O)CC(C)=O.Nc1ccc(I)cc1S(N)(=O)=O.O=C(O)CC1=NS(=O)(=O)c2cc(I)ccc2N1. The lowest BCUT2D eigenvalue weighted by Gasteiger charge is -2.17. The lowest BCUT2D eigenvalue weighted by atomic mass is 10.2. The second-order valence-electron chi connectivity index (χ2n) is 10.8. The molecule has 3 aromatic carbocycles. The molecule has 0 aliphatic carbocycles. The number of amides is 1. The summed E-state index contributed by atoms with van der Waals surface area (Å²) in [5.41, 5.74) is 6.02. The van der Waals surface area contributed by atoms with Gasteiger partial charge in [-0.1, -0.05) is 0 Å². The Bertz CT molecular complexity index is 2310. The number of benzene rings is 3. The summed E-state index contributed by atoms with van der Waals surface area (Å²) in [7, 11) is -11.4. The summed E-state index contributed by atoms with van der Waals surface area (Å²) in [5.74, 6) is -2.23. The van der Waals surface area contributed by atoms with E-state index in [4.69, 9.17) is 21.1 Å². The first-order valence-electron chi connectivity index (χ1n) is 14.4. The van der Waals surface area contributed by atoms with Crippen LogP contribution in [-0.2, 0) is 54.0 Å². The number of rotatable bonds is 9. The lowest BCUT2D eigenvalue weighted by molar-refractivity contribution is -0.135. The van der Waals surface area contributed by atoms with E-state index in [1.54, 1.807) is 24.3 Å². The number of aliphatic carboxylic acids is 1. The molecule has 9 N–H and O–H groups in total. The second-order valence-corrected chi connectivity index (χ2v) is 19.1. The van der Waals surface area contributed by atoms with Gasteiger partial charge in [-0.3, -0.25) is 24.0 Å². The maximum atomic E-state index is 11.8. The van der Waals surface area contributed by atoms with Crippen LogP contribution in [-0.4, -0.2) is 65.4 Å². The number of anilines is 3. The monoisotopic (exact) mass is 1150 g/mol. The number of sulfonamides is 3. The molecule has 18 nitrogen and oxygen atoms in total. The Labute approximate surface area is 352 Å². The molecule has 0 saturated heterocycles. The molecule has 0 radical (unpaired) electrons. The van der Waals surface area contributed by atoms with Gasteiger partial charge < -0.3 is 21.5 Å². The van der Waals surface area contributed by atoms with E-state index in [1.165, 1.54) is 51.1 Å². The zero-order valence-electron chi connectivity index (χ0n) is 28.3. The van der Waals surface area contributed by atoms with Gasteiger partial charge in [-0.05, 0) is 143 Å². The van der Waals surface area contributed by atoms with Crippen LogP contribution in [0.25, 0.3) is 0 Å². The fraction of sp³-hybridized carbons (Fsp3) is 0.200. The van der Waals surface area contributed by atoms with E-state index in [2.05, 4.69) is 15.0 Å². The summed E-state index contributed by atoms with van der Waals surface area (Å²) in [4.78, 5) is 52.7. The number of hydrogen-bond acceptors (Lipinski definition) is 13. The van der Waals surface area contributed by atoms with Crippen molar-refractivity contribution in [2.75, 3.05) is 16.4 Å². The molecule has 0 unspecified atom stereocenters. The predicted octanol–water partition coefficient (Wildman–Crippen LogP) is 3.21. The standard InChI is InChI=1S/C10H11IN2O4S.C9H7IN2O4S.C6H7IN2O2S.C5H8O2/c1-6(14)4-10(15)13-8-3-2-7(11)5-9(8)18(12,16)17;10-5-1-2-6-7(3-5)17(15,16)12-8(11-6)4-9(13)14;7-4-1-2-5(8)6(3-4)12(9,10)11;1-4(6)3-5(2)7/h2-3,5H,4H2,1H3,(H,13,15)(H2,12,16,17);1-3H,4H2,(H,11,12)(H,13,14);1-3H,8H2,(H2,9,10,11);3H2,1-2H3. The van der Waals surface area contributed by atoms with Crippen molar-refractivity contribution in [3.05, 3.63) is 65.3 Å². The second kappa shape index (κ2) is 21.2. The highest BCUT2D eigenvalue weighted by Gasteiger charge is 2.26. The predicted molar refractivity (Wildman–Crippen MR) is 225 cm³/mol. The number of ketones is 3. The Kier molecular flexibility index (Phi) is 19.2. The molecule has 0 aromatic heterocycles. The molecule has 4 rings (SSSR count). The molecule has 54 heavy (non-hydrogen) atoms. The van der Waals surface area contributed by atoms with Crippen molar-refractivity contribution in [2.24, 2.45) is 14.7 Å². The summed E-state index contributed by atoms with van der Waals surface area (Å²) >= 11 is 5.91. The van der Waals surface area contributed by atoms with Crippen LogP contribution in [0.1, 0.15) is 40.0 Å². The maximum Gasteiger partial charge on any atom is 0.311 e. The maximum absolute atomic E-state index is 11.8. The number of carboxylic acids is 1. The Hall–Kier alpha value is -3.16. The van der Waals surface area contributed by atoms with Gasteiger partial charge in [0.2, 0.25) is 26.0 Å². The molecule has 0 bridgehead atoms. The number of nitrogen functional groups attached to an aromatic ring is 1. The number of carboxylic acid groups (broad SMARTS) is 1. The molecular formula is C30H33I3N6O12S3.